The van der Waals surface area contributed by atoms with E-state index in [-0.39, 0.29) is 17.9 Å². The zero-order chi connectivity index (χ0) is 18.6. The van der Waals surface area contributed by atoms with E-state index in [0.29, 0.717) is 17.7 Å². The van der Waals surface area contributed by atoms with Crippen LogP contribution in [0.2, 0.25) is 0 Å². The van der Waals surface area contributed by atoms with E-state index in [9.17, 15) is 9.59 Å². The van der Waals surface area contributed by atoms with Gasteiger partial charge in [-0.25, -0.2) is 0 Å². The molecule has 1 saturated heterocycles. The Morgan fingerprint density at radius 2 is 1.78 bits per heavy atom. The number of nitrogens with one attached hydrogen (secondary N) is 1. The molecular weight excluding hydrogens is 340 g/mol. The second kappa shape index (κ2) is 7.50. The lowest BCUT2D eigenvalue weighted by molar-refractivity contribution is -0.117. The molecular formula is C22H20N2O3. The second-order valence-corrected chi connectivity index (χ2v) is 6.53. The van der Waals surface area contributed by atoms with Crippen LogP contribution >= 0.6 is 0 Å². The van der Waals surface area contributed by atoms with E-state index in [1.54, 1.807) is 29.4 Å². The van der Waals surface area contributed by atoms with Crippen LogP contribution in [0.4, 0.5) is 5.69 Å². The number of carbonyl (C=O) groups is 2. The molecule has 1 N–H and O–H groups in total. The van der Waals surface area contributed by atoms with Gasteiger partial charge >= 0.3 is 0 Å². The van der Waals surface area contributed by atoms with Gasteiger partial charge in [0.25, 0.3) is 5.91 Å². The van der Waals surface area contributed by atoms with Crippen molar-refractivity contribution in [2.45, 2.75) is 18.9 Å². The highest BCUT2D eigenvalue weighted by molar-refractivity contribution is 5.97. The number of hydrogen-bond acceptors (Lipinski definition) is 3. The molecule has 1 fully saturated rings. The van der Waals surface area contributed by atoms with Gasteiger partial charge in [0, 0.05) is 24.2 Å². The molecule has 1 aliphatic rings. The summed E-state index contributed by atoms with van der Waals surface area (Å²) in [6.07, 6.45) is 3.06. The first-order valence-electron chi connectivity index (χ1n) is 9.02. The zero-order valence-corrected chi connectivity index (χ0v) is 14.8. The highest BCUT2D eigenvalue weighted by Crippen LogP contribution is 2.24. The minimum absolute atomic E-state index is 0.133. The van der Waals surface area contributed by atoms with E-state index in [4.69, 9.17) is 4.42 Å². The minimum atomic E-state index is -0.367. The van der Waals surface area contributed by atoms with Crippen LogP contribution in [0.15, 0.2) is 77.4 Å². The van der Waals surface area contributed by atoms with E-state index < -0.39 is 0 Å². The van der Waals surface area contributed by atoms with Gasteiger partial charge in [-0.2, -0.15) is 0 Å². The molecule has 1 aromatic heterocycles. The topological polar surface area (TPSA) is 62.6 Å². The number of anilines is 1. The molecule has 5 heteroatoms. The fourth-order valence-corrected chi connectivity index (χ4v) is 3.35. The van der Waals surface area contributed by atoms with Crippen molar-refractivity contribution in [1.82, 2.24) is 5.32 Å². The summed E-state index contributed by atoms with van der Waals surface area (Å²) in [5, 5.41) is 3.04. The maximum Gasteiger partial charge on any atom is 0.252 e. The molecule has 0 bridgehead atoms. The monoisotopic (exact) mass is 360 g/mol. The van der Waals surface area contributed by atoms with Crippen molar-refractivity contribution in [2.24, 2.45) is 0 Å². The van der Waals surface area contributed by atoms with E-state index in [1.807, 2.05) is 48.5 Å². The van der Waals surface area contributed by atoms with Crippen LogP contribution in [0.3, 0.4) is 0 Å². The normalized spacial score (nSPS) is 15.0. The van der Waals surface area contributed by atoms with Gasteiger partial charge in [0.05, 0.1) is 6.26 Å². The van der Waals surface area contributed by atoms with Gasteiger partial charge in [-0.05, 0) is 48.4 Å². The molecule has 1 atom stereocenters. The fraction of sp³-hybridized carbons (Fsp3) is 0.182. The van der Waals surface area contributed by atoms with Gasteiger partial charge in [0.2, 0.25) is 5.91 Å². The van der Waals surface area contributed by atoms with Crippen LogP contribution in [0.5, 0.6) is 0 Å². The van der Waals surface area contributed by atoms with Gasteiger partial charge in [-0.3, -0.25) is 9.59 Å². The Kier molecular flexibility index (Phi) is 4.75. The standard InChI is InChI=1S/C22H20N2O3/c25-20-9-4-14-24(20)18-12-10-17(11-13-18)22(26)23-21(19-8-5-15-27-19)16-6-2-1-3-7-16/h1-3,5-8,10-13,15,21H,4,9,14H2,(H,23,26). The van der Waals surface area contributed by atoms with Crippen LogP contribution in [-0.2, 0) is 4.79 Å². The quantitative estimate of drug-likeness (QED) is 0.750. The number of nitrogens with zero attached hydrogens (tertiary/aromatic N) is 1. The highest BCUT2D eigenvalue weighted by Gasteiger charge is 2.23. The highest BCUT2D eigenvalue weighted by atomic mass is 16.3. The summed E-state index contributed by atoms with van der Waals surface area (Å²) in [4.78, 5) is 26.4. The van der Waals surface area contributed by atoms with Gasteiger partial charge in [-0.15, -0.1) is 0 Å². The molecule has 0 spiro atoms. The Labute approximate surface area is 157 Å². The van der Waals surface area contributed by atoms with Crippen molar-refractivity contribution in [2.75, 3.05) is 11.4 Å². The average Bonchev–Trinajstić information content (AvgIpc) is 3.38. The van der Waals surface area contributed by atoms with Gasteiger partial charge < -0.3 is 14.6 Å². The van der Waals surface area contributed by atoms with Gasteiger partial charge in [0.15, 0.2) is 0 Å². The second-order valence-electron chi connectivity index (χ2n) is 6.53. The molecule has 5 nitrogen and oxygen atoms in total. The molecule has 0 aliphatic carbocycles. The Hall–Kier alpha value is -3.34. The van der Waals surface area contributed by atoms with Crippen molar-refractivity contribution in [3.63, 3.8) is 0 Å². The van der Waals surface area contributed by atoms with Crippen molar-refractivity contribution in [1.29, 1.82) is 0 Å². The zero-order valence-electron chi connectivity index (χ0n) is 14.8. The third-order valence-electron chi connectivity index (χ3n) is 4.75. The number of amides is 2. The molecule has 2 heterocycles. The molecule has 136 valence electrons. The number of rotatable bonds is 5. The Morgan fingerprint density at radius 3 is 2.41 bits per heavy atom. The van der Waals surface area contributed by atoms with Crippen LogP contribution in [0.25, 0.3) is 0 Å². The lowest BCUT2D eigenvalue weighted by Crippen LogP contribution is -2.29. The summed E-state index contributed by atoms with van der Waals surface area (Å²) in [7, 11) is 0. The van der Waals surface area contributed by atoms with Crippen molar-refractivity contribution in [3.05, 3.63) is 89.9 Å². The first-order valence-corrected chi connectivity index (χ1v) is 9.02. The Balaban J connectivity index is 1.54. The Morgan fingerprint density at radius 1 is 1.00 bits per heavy atom. The first-order chi connectivity index (χ1) is 13.2. The average molecular weight is 360 g/mol. The minimum Gasteiger partial charge on any atom is -0.467 e. The summed E-state index contributed by atoms with van der Waals surface area (Å²) in [5.74, 6) is 0.613. The molecule has 1 aliphatic heterocycles. The largest absolute Gasteiger partial charge is 0.467 e. The summed E-state index contributed by atoms with van der Waals surface area (Å²) >= 11 is 0. The first kappa shape index (κ1) is 17.1. The van der Waals surface area contributed by atoms with Crippen LogP contribution in [0, 0.1) is 0 Å². The van der Waals surface area contributed by atoms with Crippen molar-refractivity contribution < 1.29 is 14.0 Å². The number of furan rings is 1. The Bertz CT molecular complexity index is 918. The smallest absolute Gasteiger partial charge is 0.252 e. The third kappa shape index (κ3) is 3.62. The van der Waals surface area contributed by atoms with Crippen LogP contribution < -0.4 is 10.2 Å². The molecule has 0 saturated carbocycles. The molecule has 2 amide bonds. The molecule has 0 radical (unpaired) electrons. The third-order valence-corrected chi connectivity index (χ3v) is 4.75. The van der Waals surface area contributed by atoms with Crippen molar-refractivity contribution >= 4 is 17.5 Å². The van der Waals surface area contributed by atoms with Crippen molar-refractivity contribution in [3.8, 4) is 0 Å². The van der Waals surface area contributed by atoms with Crippen LogP contribution in [-0.4, -0.2) is 18.4 Å². The SMILES string of the molecule is O=C(NC(c1ccccc1)c1ccco1)c1ccc(N2CCCC2=O)cc1. The lowest BCUT2D eigenvalue weighted by atomic mass is 10.0. The van der Waals surface area contributed by atoms with E-state index >= 15 is 0 Å². The molecule has 4 rings (SSSR count). The van der Waals surface area contributed by atoms with Gasteiger partial charge in [0.1, 0.15) is 11.8 Å². The number of benzene rings is 2. The molecule has 27 heavy (non-hydrogen) atoms. The van der Waals surface area contributed by atoms with Crippen LogP contribution in [0.1, 0.15) is 40.6 Å². The number of hydrogen-bond donors (Lipinski definition) is 1. The molecule has 1 unspecified atom stereocenters. The lowest BCUT2D eigenvalue weighted by Gasteiger charge is -2.18. The van der Waals surface area contributed by atoms with E-state index in [0.717, 1.165) is 24.2 Å². The number of carbonyl (C=O) groups excluding carboxylic acids is 2. The summed E-state index contributed by atoms with van der Waals surface area (Å²) in [5.41, 5.74) is 2.32. The summed E-state index contributed by atoms with van der Waals surface area (Å²) in [6.45, 7) is 0.735. The predicted molar refractivity (Wildman–Crippen MR) is 102 cm³/mol. The molecule has 3 aromatic rings. The summed E-state index contributed by atoms with van der Waals surface area (Å²) < 4.78 is 5.53. The maximum absolute atomic E-state index is 12.8. The van der Waals surface area contributed by atoms with Gasteiger partial charge in [-0.1, -0.05) is 30.3 Å². The fourth-order valence-electron chi connectivity index (χ4n) is 3.35. The van der Waals surface area contributed by atoms with E-state index in [1.165, 1.54) is 0 Å². The maximum atomic E-state index is 12.8. The van der Waals surface area contributed by atoms with E-state index in [2.05, 4.69) is 5.32 Å². The predicted octanol–water partition coefficient (Wildman–Crippen LogP) is 3.93. The summed E-state index contributed by atoms with van der Waals surface area (Å²) in [6, 6.07) is 20.1. The molecule has 2 aromatic carbocycles.